The highest BCUT2D eigenvalue weighted by Crippen LogP contribution is 2.20. The van der Waals surface area contributed by atoms with Crippen molar-refractivity contribution in [1.82, 2.24) is 4.90 Å². The third kappa shape index (κ3) is 2.85. The quantitative estimate of drug-likeness (QED) is 0.673. The summed E-state index contributed by atoms with van der Waals surface area (Å²) in [5, 5.41) is 0. The normalized spacial score (nSPS) is 26.5. The number of ether oxygens (including phenoxy) is 1. The second-order valence-corrected chi connectivity index (χ2v) is 4.00. The van der Waals surface area contributed by atoms with Crippen LogP contribution in [-0.2, 0) is 9.53 Å². The zero-order valence-corrected chi connectivity index (χ0v) is 9.59. The summed E-state index contributed by atoms with van der Waals surface area (Å²) in [6, 6.07) is 0. The van der Waals surface area contributed by atoms with Crippen LogP contribution in [0.3, 0.4) is 0 Å². The average Bonchev–Trinajstić information content (AvgIpc) is 2.60. The van der Waals surface area contributed by atoms with E-state index < -0.39 is 0 Å². The van der Waals surface area contributed by atoms with Crippen molar-refractivity contribution < 1.29 is 9.53 Å². The minimum atomic E-state index is -0.229. The van der Waals surface area contributed by atoms with Gasteiger partial charge in [0.05, 0.1) is 6.10 Å². The maximum Gasteiger partial charge on any atom is 0.251 e. The van der Waals surface area contributed by atoms with Gasteiger partial charge >= 0.3 is 0 Å². The first kappa shape index (κ1) is 11.8. The van der Waals surface area contributed by atoms with E-state index in [4.69, 9.17) is 16.3 Å². The van der Waals surface area contributed by atoms with E-state index in [1.807, 2.05) is 13.8 Å². The predicted molar refractivity (Wildman–Crippen MR) is 56.5 cm³/mol. The molecule has 1 heterocycles. The maximum absolute atomic E-state index is 11.9. The molecule has 1 amide bonds. The molecule has 0 aliphatic carbocycles. The van der Waals surface area contributed by atoms with Crippen LogP contribution in [-0.4, -0.2) is 42.0 Å². The first-order valence-electron chi connectivity index (χ1n) is 5.19. The van der Waals surface area contributed by atoms with Crippen LogP contribution in [0.2, 0.25) is 0 Å². The van der Waals surface area contributed by atoms with Gasteiger partial charge in [-0.05, 0) is 26.7 Å². The smallest absolute Gasteiger partial charge is 0.251 e. The third-order valence-electron chi connectivity index (χ3n) is 2.56. The van der Waals surface area contributed by atoms with Gasteiger partial charge in [-0.25, -0.2) is 0 Å². The highest BCUT2D eigenvalue weighted by Gasteiger charge is 2.30. The van der Waals surface area contributed by atoms with Gasteiger partial charge in [-0.15, -0.1) is 11.6 Å². The SMILES string of the molecule is CCN(CCCl)C(=O)C1CCC(C)O1. The Balaban J connectivity index is 2.45. The Morgan fingerprint density at radius 2 is 2.29 bits per heavy atom. The molecule has 4 heteroatoms. The largest absolute Gasteiger partial charge is 0.365 e. The molecule has 14 heavy (non-hydrogen) atoms. The minimum Gasteiger partial charge on any atom is -0.365 e. The molecule has 1 aliphatic heterocycles. The monoisotopic (exact) mass is 219 g/mol. The van der Waals surface area contributed by atoms with E-state index in [1.54, 1.807) is 4.90 Å². The number of amides is 1. The predicted octanol–water partition coefficient (Wildman–Crippen LogP) is 1.64. The van der Waals surface area contributed by atoms with Gasteiger partial charge in [-0.1, -0.05) is 0 Å². The van der Waals surface area contributed by atoms with E-state index >= 15 is 0 Å². The van der Waals surface area contributed by atoms with Crippen molar-refractivity contribution in [3.8, 4) is 0 Å². The van der Waals surface area contributed by atoms with Crippen LogP contribution in [0.5, 0.6) is 0 Å². The van der Waals surface area contributed by atoms with Crippen LogP contribution >= 0.6 is 11.6 Å². The Morgan fingerprint density at radius 1 is 1.57 bits per heavy atom. The minimum absolute atomic E-state index is 0.0949. The van der Waals surface area contributed by atoms with Crippen molar-refractivity contribution >= 4 is 17.5 Å². The Hall–Kier alpha value is -0.280. The molecule has 0 radical (unpaired) electrons. The van der Waals surface area contributed by atoms with Crippen molar-refractivity contribution in [3.05, 3.63) is 0 Å². The van der Waals surface area contributed by atoms with E-state index in [0.29, 0.717) is 19.0 Å². The van der Waals surface area contributed by atoms with Crippen molar-refractivity contribution in [2.45, 2.75) is 38.9 Å². The Morgan fingerprint density at radius 3 is 2.71 bits per heavy atom. The molecule has 0 bridgehead atoms. The molecular formula is C10H18ClNO2. The van der Waals surface area contributed by atoms with Crippen LogP contribution < -0.4 is 0 Å². The van der Waals surface area contributed by atoms with Gasteiger partial charge in [0.1, 0.15) is 6.10 Å². The zero-order valence-electron chi connectivity index (χ0n) is 8.83. The van der Waals surface area contributed by atoms with Gasteiger partial charge in [0.25, 0.3) is 5.91 Å². The van der Waals surface area contributed by atoms with E-state index in [0.717, 1.165) is 12.8 Å². The van der Waals surface area contributed by atoms with Gasteiger partial charge in [0.2, 0.25) is 0 Å². The molecule has 0 saturated carbocycles. The number of likely N-dealkylation sites (N-methyl/N-ethyl adjacent to an activating group) is 1. The number of carbonyl (C=O) groups is 1. The Labute approximate surface area is 90.4 Å². The maximum atomic E-state index is 11.9. The van der Waals surface area contributed by atoms with E-state index in [9.17, 15) is 4.79 Å². The molecule has 3 nitrogen and oxygen atoms in total. The average molecular weight is 220 g/mol. The molecular weight excluding hydrogens is 202 g/mol. The Bertz CT molecular complexity index is 193. The lowest BCUT2D eigenvalue weighted by molar-refractivity contribution is -0.142. The summed E-state index contributed by atoms with van der Waals surface area (Å²) in [6.07, 6.45) is 1.82. The molecule has 0 aromatic carbocycles. The zero-order chi connectivity index (χ0) is 10.6. The number of rotatable bonds is 4. The molecule has 0 aromatic heterocycles. The topological polar surface area (TPSA) is 29.5 Å². The highest BCUT2D eigenvalue weighted by atomic mass is 35.5. The van der Waals surface area contributed by atoms with Crippen LogP contribution in [0.15, 0.2) is 0 Å². The van der Waals surface area contributed by atoms with Crippen molar-refractivity contribution in [2.75, 3.05) is 19.0 Å². The second kappa shape index (κ2) is 5.56. The molecule has 1 saturated heterocycles. The molecule has 1 aliphatic rings. The first-order valence-corrected chi connectivity index (χ1v) is 5.72. The number of halogens is 1. The summed E-state index contributed by atoms with van der Waals surface area (Å²) in [4.78, 5) is 13.6. The molecule has 0 aromatic rings. The molecule has 2 atom stereocenters. The number of carbonyl (C=O) groups excluding carboxylic acids is 1. The molecule has 0 N–H and O–H groups in total. The van der Waals surface area contributed by atoms with Gasteiger partial charge in [-0.2, -0.15) is 0 Å². The fourth-order valence-electron chi connectivity index (χ4n) is 1.71. The van der Waals surface area contributed by atoms with E-state index in [2.05, 4.69) is 0 Å². The van der Waals surface area contributed by atoms with Crippen LogP contribution in [0.1, 0.15) is 26.7 Å². The standard InChI is InChI=1S/C10H18ClNO2/c1-3-12(7-6-11)10(13)9-5-4-8(2)14-9/h8-9H,3-7H2,1-2H3. The summed E-state index contributed by atoms with van der Waals surface area (Å²) in [5.41, 5.74) is 0. The lowest BCUT2D eigenvalue weighted by Crippen LogP contribution is -2.40. The number of alkyl halides is 1. The van der Waals surface area contributed by atoms with E-state index in [-0.39, 0.29) is 18.1 Å². The second-order valence-electron chi connectivity index (χ2n) is 3.62. The van der Waals surface area contributed by atoms with Gasteiger partial charge in [-0.3, -0.25) is 4.79 Å². The Kier molecular flexibility index (Phi) is 4.69. The fourth-order valence-corrected chi connectivity index (χ4v) is 1.92. The summed E-state index contributed by atoms with van der Waals surface area (Å²) in [7, 11) is 0. The molecule has 82 valence electrons. The van der Waals surface area contributed by atoms with Crippen LogP contribution in [0.25, 0.3) is 0 Å². The van der Waals surface area contributed by atoms with Crippen LogP contribution in [0, 0.1) is 0 Å². The summed E-state index contributed by atoms with van der Waals surface area (Å²) < 4.78 is 5.52. The van der Waals surface area contributed by atoms with Crippen molar-refractivity contribution in [2.24, 2.45) is 0 Å². The number of hydrogen-bond donors (Lipinski definition) is 0. The van der Waals surface area contributed by atoms with Gasteiger partial charge in [0.15, 0.2) is 0 Å². The third-order valence-corrected chi connectivity index (χ3v) is 2.72. The van der Waals surface area contributed by atoms with E-state index in [1.165, 1.54) is 0 Å². The van der Waals surface area contributed by atoms with Gasteiger partial charge < -0.3 is 9.64 Å². The van der Waals surface area contributed by atoms with Crippen LogP contribution in [0.4, 0.5) is 0 Å². The van der Waals surface area contributed by atoms with Crippen molar-refractivity contribution in [3.63, 3.8) is 0 Å². The molecule has 1 rings (SSSR count). The molecule has 0 spiro atoms. The number of hydrogen-bond acceptors (Lipinski definition) is 2. The molecule has 1 fully saturated rings. The van der Waals surface area contributed by atoms with Gasteiger partial charge in [0, 0.05) is 19.0 Å². The summed E-state index contributed by atoms with van der Waals surface area (Å²) in [5.74, 6) is 0.583. The lowest BCUT2D eigenvalue weighted by atomic mass is 10.2. The van der Waals surface area contributed by atoms with Crippen molar-refractivity contribution in [1.29, 1.82) is 0 Å². The highest BCUT2D eigenvalue weighted by molar-refractivity contribution is 6.18. The molecule has 2 unspecified atom stereocenters. The number of nitrogens with zero attached hydrogens (tertiary/aromatic N) is 1. The summed E-state index contributed by atoms with van der Waals surface area (Å²) >= 11 is 5.62. The lowest BCUT2D eigenvalue weighted by Gasteiger charge is -2.23. The fraction of sp³-hybridized carbons (Fsp3) is 0.900. The first-order chi connectivity index (χ1) is 6.69. The summed E-state index contributed by atoms with van der Waals surface area (Å²) in [6.45, 7) is 5.29.